The molecule has 3 heteroatoms. The molecular weight excluding hydrogens is 248 g/mol. The SMILES string of the molecule is Cc1cccc2cc(CO)c(-c3ccc(N)cc3)nc12. The van der Waals surface area contributed by atoms with Gasteiger partial charge in [-0.05, 0) is 30.7 Å². The minimum absolute atomic E-state index is 0.0312. The molecule has 3 nitrogen and oxygen atoms in total. The molecule has 0 fully saturated rings. The average molecular weight is 264 g/mol. The number of nitrogens with zero attached hydrogens (tertiary/aromatic N) is 1. The number of aromatic nitrogens is 1. The Balaban J connectivity index is 2.28. The minimum atomic E-state index is -0.0312. The molecule has 3 rings (SSSR count). The van der Waals surface area contributed by atoms with Gasteiger partial charge in [-0.3, -0.25) is 0 Å². The van der Waals surface area contributed by atoms with Gasteiger partial charge < -0.3 is 10.8 Å². The van der Waals surface area contributed by atoms with E-state index in [1.807, 2.05) is 55.5 Å². The molecule has 20 heavy (non-hydrogen) atoms. The quantitative estimate of drug-likeness (QED) is 0.698. The summed E-state index contributed by atoms with van der Waals surface area (Å²) in [7, 11) is 0. The molecule has 3 aromatic rings. The lowest BCUT2D eigenvalue weighted by atomic mass is 10.0. The van der Waals surface area contributed by atoms with E-state index in [1.54, 1.807) is 0 Å². The van der Waals surface area contributed by atoms with Gasteiger partial charge in [0, 0.05) is 22.2 Å². The molecule has 0 aliphatic carbocycles. The van der Waals surface area contributed by atoms with Gasteiger partial charge in [0.1, 0.15) is 0 Å². The summed E-state index contributed by atoms with van der Waals surface area (Å²) in [6.07, 6.45) is 0. The molecule has 0 aliphatic rings. The van der Waals surface area contributed by atoms with Crippen LogP contribution in [0.1, 0.15) is 11.1 Å². The fourth-order valence-electron chi connectivity index (χ4n) is 2.40. The van der Waals surface area contributed by atoms with Gasteiger partial charge in [-0.2, -0.15) is 0 Å². The second kappa shape index (κ2) is 4.94. The number of nitrogens with two attached hydrogens (primary N) is 1. The summed E-state index contributed by atoms with van der Waals surface area (Å²) in [5.41, 5.74) is 11.1. The van der Waals surface area contributed by atoms with Crippen molar-refractivity contribution in [3.8, 4) is 11.3 Å². The number of hydrogen-bond acceptors (Lipinski definition) is 3. The van der Waals surface area contributed by atoms with Gasteiger partial charge in [-0.15, -0.1) is 0 Å². The number of aliphatic hydroxyl groups excluding tert-OH is 1. The number of nitrogen functional groups attached to an aromatic ring is 1. The topological polar surface area (TPSA) is 59.1 Å². The monoisotopic (exact) mass is 264 g/mol. The predicted molar refractivity (Wildman–Crippen MR) is 82.3 cm³/mol. The third-order valence-electron chi connectivity index (χ3n) is 3.48. The molecule has 0 aliphatic heterocycles. The second-order valence-electron chi connectivity index (χ2n) is 4.92. The van der Waals surface area contributed by atoms with Crippen LogP contribution in [0.4, 0.5) is 5.69 Å². The average Bonchev–Trinajstić information content (AvgIpc) is 2.47. The van der Waals surface area contributed by atoms with E-state index in [0.29, 0.717) is 0 Å². The maximum Gasteiger partial charge on any atom is 0.0764 e. The van der Waals surface area contributed by atoms with E-state index in [-0.39, 0.29) is 6.61 Å². The predicted octanol–water partition coefficient (Wildman–Crippen LogP) is 3.28. The van der Waals surface area contributed by atoms with Crippen LogP contribution in [-0.4, -0.2) is 10.1 Å². The number of anilines is 1. The Labute approximate surface area is 117 Å². The van der Waals surface area contributed by atoms with Crippen molar-refractivity contribution in [3.05, 3.63) is 59.7 Å². The van der Waals surface area contributed by atoms with Gasteiger partial charge in [0.2, 0.25) is 0 Å². The van der Waals surface area contributed by atoms with Gasteiger partial charge >= 0.3 is 0 Å². The van der Waals surface area contributed by atoms with Crippen LogP contribution in [0.5, 0.6) is 0 Å². The summed E-state index contributed by atoms with van der Waals surface area (Å²) >= 11 is 0. The molecule has 1 heterocycles. The van der Waals surface area contributed by atoms with Gasteiger partial charge in [-0.25, -0.2) is 4.98 Å². The van der Waals surface area contributed by atoms with Crippen molar-refractivity contribution in [2.75, 3.05) is 5.73 Å². The summed E-state index contributed by atoms with van der Waals surface area (Å²) in [5.74, 6) is 0. The van der Waals surface area contributed by atoms with Crippen molar-refractivity contribution < 1.29 is 5.11 Å². The van der Waals surface area contributed by atoms with E-state index >= 15 is 0 Å². The number of aryl methyl sites for hydroxylation is 1. The van der Waals surface area contributed by atoms with E-state index in [4.69, 9.17) is 10.7 Å². The van der Waals surface area contributed by atoms with Crippen LogP contribution in [0.25, 0.3) is 22.2 Å². The highest BCUT2D eigenvalue weighted by Crippen LogP contribution is 2.27. The Hall–Kier alpha value is -2.39. The van der Waals surface area contributed by atoms with Crippen LogP contribution in [0.15, 0.2) is 48.5 Å². The summed E-state index contributed by atoms with van der Waals surface area (Å²) in [4.78, 5) is 4.74. The summed E-state index contributed by atoms with van der Waals surface area (Å²) in [5, 5.41) is 10.6. The molecule has 0 spiro atoms. The van der Waals surface area contributed by atoms with E-state index in [0.717, 1.165) is 39.0 Å². The zero-order valence-corrected chi connectivity index (χ0v) is 11.3. The van der Waals surface area contributed by atoms with Crippen LogP contribution < -0.4 is 5.73 Å². The van der Waals surface area contributed by atoms with Crippen LogP contribution in [0, 0.1) is 6.92 Å². The van der Waals surface area contributed by atoms with Crippen molar-refractivity contribution >= 4 is 16.6 Å². The lowest BCUT2D eigenvalue weighted by Crippen LogP contribution is -1.96. The lowest BCUT2D eigenvalue weighted by Gasteiger charge is -2.10. The number of fused-ring (bicyclic) bond motifs is 1. The van der Waals surface area contributed by atoms with E-state index in [1.165, 1.54) is 0 Å². The van der Waals surface area contributed by atoms with Gasteiger partial charge in [-0.1, -0.05) is 30.3 Å². The van der Waals surface area contributed by atoms with Crippen molar-refractivity contribution in [2.45, 2.75) is 13.5 Å². The summed E-state index contributed by atoms with van der Waals surface area (Å²) < 4.78 is 0. The number of rotatable bonds is 2. The third-order valence-corrected chi connectivity index (χ3v) is 3.48. The highest BCUT2D eigenvalue weighted by Gasteiger charge is 2.09. The minimum Gasteiger partial charge on any atom is -0.399 e. The number of benzene rings is 2. The molecule has 2 aromatic carbocycles. The van der Waals surface area contributed by atoms with E-state index in [9.17, 15) is 5.11 Å². The summed E-state index contributed by atoms with van der Waals surface area (Å²) in [6.45, 7) is 2.01. The Morgan fingerprint density at radius 1 is 1.10 bits per heavy atom. The fourth-order valence-corrected chi connectivity index (χ4v) is 2.40. The molecule has 100 valence electrons. The first-order chi connectivity index (χ1) is 9.69. The molecule has 0 radical (unpaired) electrons. The first-order valence-corrected chi connectivity index (χ1v) is 6.55. The Bertz CT molecular complexity index is 764. The Morgan fingerprint density at radius 2 is 1.85 bits per heavy atom. The second-order valence-corrected chi connectivity index (χ2v) is 4.92. The highest BCUT2D eigenvalue weighted by atomic mass is 16.3. The van der Waals surface area contributed by atoms with Crippen LogP contribution >= 0.6 is 0 Å². The number of para-hydroxylation sites is 1. The van der Waals surface area contributed by atoms with E-state index in [2.05, 4.69) is 0 Å². The van der Waals surface area contributed by atoms with Crippen LogP contribution in [0.2, 0.25) is 0 Å². The molecular formula is C17H16N2O. The normalized spacial score (nSPS) is 10.9. The smallest absolute Gasteiger partial charge is 0.0764 e. The summed E-state index contributed by atoms with van der Waals surface area (Å²) in [6, 6.07) is 15.6. The largest absolute Gasteiger partial charge is 0.399 e. The highest BCUT2D eigenvalue weighted by molar-refractivity contribution is 5.85. The molecule has 3 N–H and O–H groups in total. The maximum absolute atomic E-state index is 9.60. The molecule has 0 saturated carbocycles. The number of hydrogen-bond donors (Lipinski definition) is 2. The Kier molecular flexibility index (Phi) is 3.12. The zero-order chi connectivity index (χ0) is 14.1. The van der Waals surface area contributed by atoms with Crippen LogP contribution in [0.3, 0.4) is 0 Å². The first kappa shape index (κ1) is 12.6. The van der Waals surface area contributed by atoms with Gasteiger partial charge in [0.25, 0.3) is 0 Å². The standard InChI is InChI=1S/C17H16N2O/c1-11-3-2-4-13-9-14(10-20)17(19-16(11)13)12-5-7-15(18)8-6-12/h2-9,20H,10,18H2,1H3. The molecule has 0 bridgehead atoms. The van der Waals surface area contributed by atoms with Crippen molar-refractivity contribution in [3.63, 3.8) is 0 Å². The molecule has 0 unspecified atom stereocenters. The lowest BCUT2D eigenvalue weighted by molar-refractivity contribution is 0.282. The first-order valence-electron chi connectivity index (χ1n) is 6.55. The molecule has 0 atom stereocenters. The van der Waals surface area contributed by atoms with Crippen molar-refractivity contribution in [1.29, 1.82) is 0 Å². The fraction of sp³-hybridized carbons (Fsp3) is 0.118. The van der Waals surface area contributed by atoms with Gasteiger partial charge in [0.05, 0.1) is 17.8 Å². The number of pyridine rings is 1. The third kappa shape index (κ3) is 2.12. The molecule has 0 saturated heterocycles. The van der Waals surface area contributed by atoms with Crippen molar-refractivity contribution in [1.82, 2.24) is 4.98 Å². The molecule has 0 amide bonds. The Morgan fingerprint density at radius 3 is 2.55 bits per heavy atom. The van der Waals surface area contributed by atoms with E-state index < -0.39 is 0 Å². The molecule has 1 aromatic heterocycles. The van der Waals surface area contributed by atoms with Gasteiger partial charge in [0.15, 0.2) is 0 Å². The zero-order valence-electron chi connectivity index (χ0n) is 11.3. The number of aliphatic hydroxyl groups is 1. The van der Waals surface area contributed by atoms with Crippen LogP contribution in [-0.2, 0) is 6.61 Å². The van der Waals surface area contributed by atoms with Crippen molar-refractivity contribution in [2.24, 2.45) is 0 Å². The maximum atomic E-state index is 9.60.